The second kappa shape index (κ2) is 8.49. The quantitative estimate of drug-likeness (QED) is 0.741. The first-order chi connectivity index (χ1) is 15.1. The second-order valence-electron chi connectivity index (χ2n) is 8.27. The maximum Gasteiger partial charge on any atom is 0.417 e. The van der Waals surface area contributed by atoms with Crippen LogP contribution in [0.1, 0.15) is 18.1 Å². The Labute approximate surface area is 185 Å². The van der Waals surface area contributed by atoms with Gasteiger partial charge in [-0.1, -0.05) is 30.3 Å². The van der Waals surface area contributed by atoms with Gasteiger partial charge in [0.25, 0.3) is 5.91 Å². The van der Waals surface area contributed by atoms with E-state index in [2.05, 4.69) is 0 Å². The van der Waals surface area contributed by atoms with Gasteiger partial charge in [0, 0.05) is 11.7 Å². The lowest BCUT2D eigenvalue weighted by atomic mass is 10.1. The van der Waals surface area contributed by atoms with Crippen LogP contribution in [-0.4, -0.2) is 57.4 Å². The van der Waals surface area contributed by atoms with Crippen LogP contribution in [0.3, 0.4) is 0 Å². The highest BCUT2D eigenvalue weighted by atomic mass is 32.2. The van der Waals surface area contributed by atoms with Gasteiger partial charge in [-0.15, -0.1) is 0 Å². The van der Waals surface area contributed by atoms with Crippen LogP contribution >= 0.6 is 0 Å². The van der Waals surface area contributed by atoms with Gasteiger partial charge in [-0.2, -0.15) is 17.5 Å². The van der Waals surface area contributed by atoms with Crippen molar-refractivity contribution in [1.29, 1.82) is 0 Å². The van der Waals surface area contributed by atoms with Crippen molar-refractivity contribution in [1.82, 2.24) is 4.31 Å². The highest BCUT2D eigenvalue weighted by molar-refractivity contribution is 7.89. The molecule has 1 amide bonds. The van der Waals surface area contributed by atoms with Crippen molar-refractivity contribution in [2.45, 2.75) is 30.5 Å². The van der Waals surface area contributed by atoms with E-state index in [1.165, 1.54) is 12.1 Å². The molecule has 0 aromatic heterocycles. The molecule has 2 aliphatic rings. The summed E-state index contributed by atoms with van der Waals surface area (Å²) in [6.07, 6.45) is -3.96. The Morgan fingerprint density at radius 1 is 1.06 bits per heavy atom. The highest BCUT2D eigenvalue weighted by Crippen LogP contribution is 2.35. The standard InChI is InChI=1S/C22H24F3N3O3S/c1-16-14-17-6-2-4-8-19(17)28(16)21(29)15-26-10-12-27(13-11-26)32(30,31)20-9-5-3-7-18(20)22(23,24)25/h2-9,16H,10-15H2,1H3/p+1/t16-/m0/s1. The molecule has 32 heavy (non-hydrogen) atoms. The molecule has 0 aliphatic carbocycles. The lowest BCUT2D eigenvalue weighted by molar-refractivity contribution is -0.895. The first kappa shape index (κ1) is 22.8. The summed E-state index contributed by atoms with van der Waals surface area (Å²) < 4.78 is 66.8. The Morgan fingerprint density at radius 2 is 1.69 bits per heavy atom. The van der Waals surface area contributed by atoms with Gasteiger partial charge < -0.3 is 9.80 Å². The molecule has 1 fully saturated rings. The molecule has 2 aromatic rings. The van der Waals surface area contributed by atoms with Gasteiger partial charge in [0.2, 0.25) is 10.0 Å². The number of fused-ring (bicyclic) bond motifs is 1. The summed E-state index contributed by atoms with van der Waals surface area (Å²) in [5.74, 6) is -0.0313. The molecule has 0 bridgehead atoms. The third kappa shape index (κ3) is 4.26. The highest BCUT2D eigenvalue weighted by Gasteiger charge is 2.40. The average molecular weight is 469 g/mol. The summed E-state index contributed by atoms with van der Waals surface area (Å²) in [5.41, 5.74) is 0.878. The number of hydrogen-bond acceptors (Lipinski definition) is 3. The number of nitrogens with one attached hydrogen (secondary N) is 1. The summed E-state index contributed by atoms with van der Waals surface area (Å²) in [6.45, 7) is 3.03. The number of rotatable bonds is 4. The number of para-hydroxylation sites is 1. The molecule has 1 atom stereocenters. The SMILES string of the molecule is C[C@H]1Cc2ccccc2N1C(=O)C[NH+]1CCN(S(=O)(=O)c2ccccc2C(F)(F)F)CC1. The Hall–Kier alpha value is -2.43. The Kier molecular flexibility index (Phi) is 6.04. The maximum atomic E-state index is 13.3. The largest absolute Gasteiger partial charge is 0.417 e. The van der Waals surface area contributed by atoms with Gasteiger partial charge in [-0.05, 0) is 37.1 Å². The van der Waals surface area contributed by atoms with Gasteiger partial charge in [0.15, 0.2) is 6.54 Å². The molecule has 2 heterocycles. The molecule has 4 rings (SSSR count). The van der Waals surface area contributed by atoms with Crippen molar-refractivity contribution in [2.24, 2.45) is 0 Å². The zero-order valence-corrected chi connectivity index (χ0v) is 18.4. The fourth-order valence-electron chi connectivity index (χ4n) is 4.53. The van der Waals surface area contributed by atoms with Crippen LogP contribution < -0.4 is 9.80 Å². The molecule has 1 N–H and O–H groups in total. The number of halogens is 3. The van der Waals surface area contributed by atoms with E-state index in [1.54, 1.807) is 4.90 Å². The molecule has 1 saturated heterocycles. The van der Waals surface area contributed by atoms with Crippen molar-refractivity contribution in [3.8, 4) is 0 Å². The minimum Gasteiger partial charge on any atom is -0.325 e. The van der Waals surface area contributed by atoms with E-state index < -0.39 is 26.7 Å². The number of carbonyl (C=O) groups is 1. The number of alkyl halides is 3. The summed E-state index contributed by atoms with van der Waals surface area (Å²) in [6, 6.07) is 12.1. The molecule has 0 saturated carbocycles. The lowest BCUT2D eigenvalue weighted by Crippen LogP contribution is -3.15. The fourth-order valence-corrected chi connectivity index (χ4v) is 6.18. The van der Waals surface area contributed by atoms with E-state index >= 15 is 0 Å². The predicted molar refractivity (Wildman–Crippen MR) is 113 cm³/mol. The van der Waals surface area contributed by atoms with E-state index in [0.29, 0.717) is 13.1 Å². The molecular formula is C22H25F3N3O3S+. The number of amides is 1. The van der Waals surface area contributed by atoms with Crippen LogP contribution in [0.15, 0.2) is 53.4 Å². The van der Waals surface area contributed by atoms with Crippen LogP contribution in [0.4, 0.5) is 18.9 Å². The van der Waals surface area contributed by atoms with Crippen molar-refractivity contribution < 1.29 is 31.3 Å². The van der Waals surface area contributed by atoms with Crippen LogP contribution in [0.25, 0.3) is 0 Å². The zero-order valence-electron chi connectivity index (χ0n) is 17.6. The number of sulfonamides is 1. The Morgan fingerprint density at radius 3 is 2.38 bits per heavy atom. The summed E-state index contributed by atoms with van der Waals surface area (Å²) in [5, 5.41) is 0. The van der Waals surface area contributed by atoms with E-state index in [4.69, 9.17) is 0 Å². The van der Waals surface area contributed by atoms with Gasteiger partial charge in [-0.3, -0.25) is 4.79 Å². The minimum atomic E-state index is -4.76. The third-order valence-electron chi connectivity index (χ3n) is 6.12. The van der Waals surface area contributed by atoms with E-state index in [9.17, 15) is 26.4 Å². The smallest absolute Gasteiger partial charge is 0.325 e. The number of quaternary nitrogens is 1. The van der Waals surface area contributed by atoms with Gasteiger partial charge in [0.05, 0.1) is 36.6 Å². The van der Waals surface area contributed by atoms with Crippen molar-refractivity contribution in [3.05, 3.63) is 59.7 Å². The van der Waals surface area contributed by atoms with E-state index in [1.807, 2.05) is 31.2 Å². The number of benzene rings is 2. The normalized spacial score (nSPS) is 20.4. The molecule has 0 spiro atoms. The van der Waals surface area contributed by atoms with Crippen LogP contribution in [0.2, 0.25) is 0 Å². The summed E-state index contributed by atoms with van der Waals surface area (Å²) in [7, 11) is -4.29. The van der Waals surface area contributed by atoms with E-state index in [0.717, 1.165) is 39.0 Å². The molecule has 2 aromatic carbocycles. The monoisotopic (exact) mass is 468 g/mol. The first-order valence-electron chi connectivity index (χ1n) is 10.5. The predicted octanol–water partition coefficient (Wildman–Crippen LogP) is 1.57. The molecule has 10 heteroatoms. The van der Waals surface area contributed by atoms with Crippen molar-refractivity contribution in [3.63, 3.8) is 0 Å². The fraction of sp³-hybridized carbons (Fsp3) is 0.409. The number of carbonyl (C=O) groups excluding carboxylic acids is 1. The third-order valence-corrected chi connectivity index (χ3v) is 8.07. The summed E-state index contributed by atoms with van der Waals surface area (Å²) >= 11 is 0. The number of piperazine rings is 1. The number of anilines is 1. The molecular weight excluding hydrogens is 443 g/mol. The van der Waals surface area contributed by atoms with Crippen LogP contribution in [0.5, 0.6) is 0 Å². The maximum absolute atomic E-state index is 13.3. The van der Waals surface area contributed by atoms with Gasteiger partial charge in [0.1, 0.15) is 0 Å². The van der Waals surface area contributed by atoms with Crippen molar-refractivity contribution >= 4 is 21.6 Å². The average Bonchev–Trinajstić information content (AvgIpc) is 3.09. The van der Waals surface area contributed by atoms with Gasteiger partial charge in [-0.25, -0.2) is 8.42 Å². The lowest BCUT2D eigenvalue weighted by Gasteiger charge is -2.33. The Balaban J connectivity index is 1.42. The van der Waals surface area contributed by atoms with E-state index in [-0.39, 0.29) is 31.6 Å². The van der Waals surface area contributed by atoms with Crippen molar-refractivity contribution in [2.75, 3.05) is 37.6 Å². The molecule has 2 aliphatic heterocycles. The first-order valence-corrected chi connectivity index (χ1v) is 11.9. The van der Waals surface area contributed by atoms with Crippen LogP contribution in [0, 0.1) is 0 Å². The minimum absolute atomic E-state index is 0.0313. The molecule has 6 nitrogen and oxygen atoms in total. The molecule has 172 valence electrons. The zero-order chi connectivity index (χ0) is 23.1. The summed E-state index contributed by atoms with van der Waals surface area (Å²) in [4.78, 5) is 15.0. The Bertz CT molecular complexity index is 1110. The number of nitrogens with zero attached hydrogens (tertiary/aromatic N) is 2. The molecule has 0 unspecified atom stereocenters. The topological polar surface area (TPSA) is 62.1 Å². The molecule has 0 radical (unpaired) electrons. The van der Waals surface area contributed by atoms with Gasteiger partial charge >= 0.3 is 6.18 Å². The second-order valence-corrected chi connectivity index (χ2v) is 10.2. The van der Waals surface area contributed by atoms with Crippen LogP contribution in [-0.2, 0) is 27.4 Å². The number of hydrogen-bond donors (Lipinski definition) is 1.